The first-order valence-electron chi connectivity index (χ1n) is 6.75. The molecule has 1 aromatic rings. The molecule has 1 fully saturated rings. The van der Waals surface area contributed by atoms with Gasteiger partial charge in [-0.1, -0.05) is 12.1 Å². The van der Waals surface area contributed by atoms with Crippen LogP contribution in [0.1, 0.15) is 18.4 Å². The summed E-state index contributed by atoms with van der Waals surface area (Å²) in [6, 6.07) is 5.86. The Balaban J connectivity index is 2.06. The highest BCUT2D eigenvalue weighted by Crippen LogP contribution is 2.16. The third kappa shape index (κ3) is 4.50. The van der Waals surface area contributed by atoms with E-state index in [0.29, 0.717) is 19.3 Å². The molecule has 1 unspecified atom stereocenters. The molecular weight excluding hydrogens is 314 g/mol. The summed E-state index contributed by atoms with van der Waals surface area (Å²) in [5.74, 6) is -0.110. The van der Waals surface area contributed by atoms with E-state index in [1.807, 2.05) is 0 Å². The smallest absolute Gasteiger partial charge is 0.240 e. The van der Waals surface area contributed by atoms with Crippen molar-refractivity contribution in [2.75, 3.05) is 18.1 Å². The second kappa shape index (κ2) is 6.43. The molecule has 6 nitrogen and oxygen atoms in total. The highest BCUT2D eigenvalue weighted by molar-refractivity contribution is 7.92. The van der Waals surface area contributed by atoms with Crippen LogP contribution in [-0.4, -0.2) is 46.1 Å². The molecule has 0 saturated carbocycles. The Hall–Kier alpha value is -0.960. The van der Waals surface area contributed by atoms with Crippen molar-refractivity contribution in [1.82, 2.24) is 4.72 Å². The van der Waals surface area contributed by atoms with Gasteiger partial charge in [0.1, 0.15) is 0 Å². The lowest BCUT2D eigenvalue weighted by Crippen LogP contribution is -2.35. The van der Waals surface area contributed by atoms with Gasteiger partial charge in [0.05, 0.1) is 16.4 Å². The number of hydrogen-bond acceptors (Lipinski definition) is 5. The molecule has 118 valence electrons. The van der Waals surface area contributed by atoms with Crippen LogP contribution in [0.3, 0.4) is 0 Å². The maximum Gasteiger partial charge on any atom is 0.240 e. The van der Waals surface area contributed by atoms with Gasteiger partial charge in [-0.25, -0.2) is 21.6 Å². The topological polar surface area (TPSA) is 101 Å². The van der Waals surface area contributed by atoms with Crippen molar-refractivity contribution >= 4 is 19.9 Å². The molecule has 8 heteroatoms. The number of aliphatic hydroxyl groups is 1. The summed E-state index contributed by atoms with van der Waals surface area (Å²) >= 11 is 0. The zero-order valence-corrected chi connectivity index (χ0v) is 13.2. The fraction of sp³-hybridized carbons (Fsp3) is 0.538. The summed E-state index contributed by atoms with van der Waals surface area (Å²) in [6.07, 6.45) is 1.63. The van der Waals surface area contributed by atoms with Crippen LogP contribution in [0.15, 0.2) is 29.2 Å². The molecule has 0 aliphatic carbocycles. The molecule has 0 radical (unpaired) electrons. The van der Waals surface area contributed by atoms with Gasteiger partial charge < -0.3 is 5.11 Å². The lowest BCUT2D eigenvalue weighted by Gasteiger charge is -2.12. The van der Waals surface area contributed by atoms with Crippen LogP contribution in [0.2, 0.25) is 0 Å². The molecule has 1 saturated heterocycles. The van der Waals surface area contributed by atoms with Crippen LogP contribution < -0.4 is 4.72 Å². The Morgan fingerprint density at radius 1 is 1.24 bits per heavy atom. The van der Waals surface area contributed by atoms with E-state index in [1.54, 1.807) is 12.1 Å². The minimum Gasteiger partial charge on any atom is -0.396 e. The lowest BCUT2D eigenvalue weighted by molar-refractivity contribution is 0.288. The first-order valence-corrected chi connectivity index (χ1v) is 10.1. The SMILES string of the molecule is O=S1(=O)CCC(NS(=O)(=O)c2ccc(CCCO)cc2)C1. The third-order valence-electron chi connectivity index (χ3n) is 3.41. The fourth-order valence-electron chi connectivity index (χ4n) is 2.29. The second-order valence-electron chi connectivity index (χ2n) is 5.19. The monoisotopic (exact) mass is 333 g/mol. The minimum absolute atomic E-state index is 0.0281. The molecule has 2 N–H and O–H groups in total. The van der Waals surface area contributed by atoms with Crippen LogP contribution in [0.25, 0.3) is 0 Å². The molecule has 0 amide bonds. The molecule has 0 spiro atoms. The molecule has 2 rings (SSSR count). The molecule has 1 atom stereocenters. The molecule has 1 aliphatic heterocycles. The molecule has 1 aromatic carbocycles. The van der Waals surface area contributed by atoms with Gasteiger partial charge >= 0.3 is 0 Å². The van der Waals surface area contributed by atoms with Gasteiger partial charge in [0.25, 0.3) is 0 Å². The van der Waals surface area contributed by atoms with E-state index >= 15 is 0 Å². The van der Waals surface area contributed by atoms with Crippen molar-refractivity contribution in [3.63, 3.8) is 0 Å². The van der Waals surface area contributed by atoms with Crippen molar-refractivity contribution in [3.05, 3.63) is 29.8 Å². The molecule has 0 bridgehead atoms. The molecule has 21 heavy (non-hydrogen) atoms. The van der Waals surface area contributed by atoms with Crippen molar-refractivity contribution in [2.45, 2.75) is 30.2 Å². The number of aliphatic hydroxyl groups excluding tert-OH is 1. The van der Waals surface area contributed by atoms with Crippen molar-refractivity contribution in [1.29, 1.82) is 0 Å². The zero-order chi connectivity index (χ0) is 15.5. The average Bonchev–Trinajstić information content (AvgIpc) is 2.75. The largest absolute Gasteiger partial charge is 0.396 e. The highest BCUT2D eigenvalue weighted by atomic mass is 32.2. The van der Waals surface area contributed by atoms with Gasteiger partial charge in [0.2, 0.25) is 10.0 Å². The summed E-state index contributed by atoms with van der Waals surface area (Å²) in [6.45, 7) is 0.0950. The van der Waals surface area contributed by atoms with E-state index < -0.39 is 25.9 Å². The lowest BCUT2D eigenvalue weighted by atomic mass is 10.1. The molecule has 0 aromatic heterocycles. The van der Waals surface area contributed by atoms with Crippen molar-refractivity contribution in [3.8, 4) is 0 Å². The van der Waals surface area contributed by atoms with Crippen LogP contribution in [0, 0.1) is 0 Å². The number of hydrogen-bond donors (Lipinski definition) is 2. The fourth-order valence-corrected chi connectivity index (χ4v) is 5.34. The molecule has 1 heterocycles. The number of sulfone groups is 1. The maximum absolute atomic E-state index is 12.2. The van der Waals surface area contributed by atoms with Gasteiger partial charge in [-0.05, 0) is 37.0 Å². The third-order valence-corrected chi connectivity index (χ3v) is 6.72. The van der Waals surface area contributed by atoms with Crippen LogP contribution in [0.4, 0.5) is 0 Å². The number of nitrogens with one attached hydrogen (secondary N) is 1. The summed E-state index contributed by atoms with van der Waals surface area (Å²) in [4.78, 5) is 0.125. The van der Waals surface area contributed by atoms with Crippen molar-refractivity contribution < 1.29 is 21.9 Å². The van der Waals surface area contributed by atoms with Gasteiger partial charge in [0, 0.05) is 12.6 Å². The number of rotatable bonds is 6. The minimum atomic E-state index is -3.69. The standard InChI is InChI=1S/C13H19NO5S2/c15-8-1-2-11-3-5-13(6-4-11)21(18,19)14-12-7-9-20(16,17)10-12/h3-6,12,14-15H,1-2,7-10H2. The first kappa shape index (κ1) is 16.4. The van der Waals surface area contributed by atoms with E-state index in [2.05, 4.69) is 4.72 Å². The normalized spacial score (nSPS) is 21.5. The Morgan fingerprint density at radius 3 is 2.43 bits per heavy atom. The van der Waals surface area contributed by atoms with Crippen LogP contribution in [0.5, 0.6) is 0 Å². The second-order valence-corrected chi connectivity index (χ2v) is 9.14. The van der Waals surface area contributed by atoms with Gasteiger partial charge in [-0.15, -0.1) is 0 Å². The highest BCUT2D eigenvalue weighted by Gasteiger charge is 2.31. The predicted octanol–water partition coefficient (Wildman–Crippen LogP) is 0.0769. The summed E-state index contributed by atoms with van der Waals surface area (Å²) in [5, 5.41) is 8.76. The average molecular weight is 333 g/mol. The van der Waals surface area contributed by atoms with Gasteiger partial charge in [-0.3, -0.25) is 0 Å². The maximum atomic E-state index is 12.2. The van der Waals surface area contributed by atoms with E-state index in [9.17, 15) is 16.8 Å². The number of aryl methyl sites for hydroxylation is 1. The Bertz CT molecular complexity index is 680. The summed E-state index contributed by atoms with van der Waals surface area (Å²) < 4.78 is 49.5. The van der Waals surface area contributed by atoms with E-state index in [0.717, 1.165) is 5.56 Å². The van der Waals surface area contributed by atoms with E-state index in [1.165, 1.54) is 12.1 Å². The number of benzene rings is 1. The predicted molar refractivity (Wildman–Crippen MR) is 79.2 cm³/mol. The Kier molecular flexibility index (Phi) is 5.03. The Labute approximate surface area is 125 Å². The van der Waals surface area contributed by atoms with Crippen molar-refractivity contribution in [2.24, 2.45) is 0 Å². The Morgan fingerprint density at radius 2 is 1.90 bits per heavy atom. The molecule has 1 aliphatic rings. The van der Waals surface area contributed by atoms with Crippen LogP contribution in [-0.2, 0) is 26.3 Å². The van der Waals surface area contributed by atoms with E-state index in [4.69, 9.17) is 5.11 Å². The van der Waals surface area contributed by atoms with Gasteiger partial charge in [-0.2, -0.15) is 0 Å². The van der Waals surface area contributed by atoms with E-state index in [-0.39, 0.29) is 23.0 Å². The van der Waals surface area contributed by atoms with Gasteiger partial charge in [0.15, 0.2) is 9.84 Å². The van der Waals surface area contributed by atoms with Crippen LogP contribution >= 0.6 is 0 Å². The zero-order valence-electron chi connectivity index (χ0n) is 11.5. The molecular formula is C13H19NO5S2. The number of sulfonamides is 1. The quantitative estimate of drug-likeness (QED) is 0.768. The summed E-state index contributed by atoms with van der Waals surface area (Å²) in [7, 11) is -6.81. The summed E-state index contributed by atoms with van der Waals surface area (Å²) in [5.41, 5.74) is 0.950. The first-order chi connectivity index (χ1) is 9.82.